The monoisotopic (exact) mass is 400 g/mol. The minimum atomic E-state index is -0.124. The summed E-state index contributed by atoms with van der Waals surface area (Å²) in [6.07, 6.45) is 0. The molecule has 0 spiro atoms. The molecule has 5 heteroatoms. The Morgan fingerprint density at radius 2 is 1.59 bits per heavy atom. The Morgan fingerprint density at radius 1 is 0.931 bits per heavy atom. The van der Waals surface area contributed by atoms with Crippen LogP contribution in [0.5, 0.6) is 5.75 Å². The summed E-state index contributed by atoms with van der Waals surface area (Å²) in [4.78, 5) is 18.9. The van der Waals surface area contributed by atoms with Crippen LogP contribution in [-0.2, 0) is 6.61 Å². The van der Waals surface area contributed by atoms with Crippen LogP contribution in [0.1, 0.15) is 16.1 Å². The zero-order chi connectivity index (χ0) is 20.1. The molecule has 0 saturated heterocycles. The van der Waals surface area contributed by atoms with Crippen LogP contribution < -0.4 is 9.64 Å². The van der Waals surface area contributed by atoms with Crippen LogP contribution >= 0.6 is 11.3 Å². The number of benzene rings is 3. The van der Waals surface area contributed by atoms with E-state index in [1.165, 1.54) is 11.3 Å². The zero-order valence-corrected chi connectivity index (χ0v) is 16.8. The fourth-order valence-electron chi connectivity index (χ4n) is 2.88. The van der Waals surface area contributed by atoms with Crippen molar-refractivity contribution in [2.45, 2.75) is 6.61 Å². The van der Waals surface area contributed by atoms with E-state index in [4.69, 9.17) is 4.74 Å². The van der Waals surface area contributed by atoms with E-state index in [0.717, 1.165) is 27.6 Å². The zero-order valence-electron chi connectivity index (χ0n) is 16.0. The summed E-state index contributed by atoms with van der Waals surface area (Å²) in [7, 11) is 1.76. The van der Waals surface area contributed by atoms with Crippen molar-refractivity contribution in [3.63, 3.8) is 0 Å². The van der Waals surface area contributed by atoms with Crippen LogP contribution in [-0.4, -0.2) is 17.9 Å². The Kier molecular flexibility index (Phi) is 5.68. The number of para-hydroxylation sites is 1. The van der Waals surface area contributed by atoms with Crippen molar-refractivity contribution in [2.24, 2.45) is 0 Å². The molecule has 144 valence electrons. The smallest absolute Gasteiger partial charge is 0.277 e. The third kappa shape index (κ3) is 4.52. The molecule has 0 bridgehead atoms. The van der Waals surface area contributed by atoms with Crippen LogP contribution in [0.4, 0.5) is 5.69 Å². The van der Waals surface area contributed by atoms with Crippen LogP contribution in [0.3, 0.4) is 0 Å². The van der Waals surface area contributed by atoms with E-state index in [2.05, 4.69) is 4.98 Å². The van der Waals surface area contributed by atoms with Gasteiger partial charge in [0, 0.05) is 23.7 Å². The summed E-state index contributed by atoms with van der Waals surface area (Å²) >= 11 is 1.46. The van der Waals surface area contributed by atoms with Gasteiger partial charge in [-0.2, -0.15) is 0 Å². The Morgan fingerprint density at radius 3 is 2.28 bits per heavy atom. The second kappa shape index (κ2) is 8.71. The van der Waals surface area contributed by atoms with Crippen molar-refractivity contribution in [3.8, 4) is 16.3 Å². The Labute approximate surface area is 174 Å². The number of rotatable bonds is 6. The molecule has 1 heterocycles. The first kappa shape index (κ1) is 18.9. The fourth-order valence-corrected chi connectivity index (χ4v) is 3.68. The van der Waals surface area contributed by atoms with Gasteiger partial charge in [0.2, 0.25) is 0 Å². The van der Waals surface area contributed by atoms with E-state index in [1.54, 1.807) is 17.3 Å². The highest BCUT2D eigenvalue weighted by molar-refractivity contribution is 7.13. The fraction of sp³-hybridized carbons (Fsp3) is 0.0833. The molecule has 1 aromatic heterocycles. The van der Waals surface area contributed by atoms with Gasteiger partial charge in [0.1, 0.15) is 23.1 Å². The lowest BCUT2D eigenvalue weighted by atomic mass is 10.2. The molecule has 4 nitrogen and oxygen atoms in total. The summed E-state index contributed by atoms with van der Waals surface area (Å²) in [5, 5.41) is 2.61. The molecule has 3 aromatic carbocycles. The van der Waals surface area contributed by atoms with Gasteiger partial charge in [0.25, 0.3) is 5.91 Å². The van der Waals surface area contributed by atoms with Gasteiger partial charge in [0.05, 0.1) is 0 Å². The van der Waals surface area contributed by atoms with E-state index in [1.807, 2.05) is 84.9 Å². The number of amides is 1. The van der Waals surface area contributed by atoms with E-state index < -0.39 is 0 Å². The van der Waals surface area contributed by atoms with Crippen molar-refractivity contribution in [1.29, 1.82) is 0 Å². The molecule has 4 aromatic rings. The molecule has 0 saturated carbocycles. The molecular formula is C24H20N2O2S. The maximum Gasteiger partial charge on any atom is 0.277 e. The van der Waals surface area contributed by atoms with Crippen molar-refractivity contribution in [3.05, 3.63) is 102 Å². The van der Waals surface area contributed by atoms with Gasteiger partial charge in [-0.15, -0.1) is 11.3 Å². The molecule has 0 atom stereocenters. The molecule has 0 fully saturated rings. The topological polar surface area (TPSA) is 42.4 Å². The van der Waals surface area contributed by atoms with Crippen LogP contribution in [0, 0.1) is 0 Å². The first-order valence-corrected chi connectivity index (χ1v) is 10.1. The largest absolute Gasteiger partial charge is 0.489 e. The maximum atomic E-state index is 12.7. The highest BCUT2D eigenvalue weighted by Gasteiger charge is 2.17. The predicted octanol–water partition coefficient (Wildman–Crippen LogP) is 5.67. The molecule has 0 unspecified atom stereocenters. The van der Waals surface area contributed by atoms with E-state index in [-0.39, 0.29) is 5.91 Å². The second-order valence-electron chi connectivity index (χ2n) is 6.54. The highest BCUT2D eigenvalue weighted by Crippen LogP contribution is 2.27. The number of anilines is 1. The normalized spacial score (nSPS) is 10.5. The van der Waals surface area contributed by atoms with Gasteiger partial charge in [-0.1, -0.05) is 48.5 Å². The number of thiazole rings is 1. The van der Waals surface area contributed by atoms with Crippen molar-refractivity contribution in [2.75, 3.05) is 11.9 Å². The number of carbonyl (C=O) groups is 1. The van der Waals surface area contributed by atoms with Gasteiger partial charge in [-0.3, -0.25) is 4.79 Å². The molecule has 0 aliphatic rings. The number of hydrogen-bond donors (Lipinski definition) is 0. The van der Waals surface area contributed by atoms with Crippen LogP contribution in [0.25, 0.3) is 10.6 Å². The number of aromatic nitrogens is 1. The maximum absolute atomic E-state index is 12.7. The lowest BCUT2D eigenvalue weighted by Gasteiger charge is -2.15. The quantitative estimate of drug-likeness (QED) is 0.419. The minimum absolute atomic E-state index is 0.124. The van der Waals surface area contributed by atoms with Crippen molar-refractivity contribution in [1.82, 2.24) is 4.98 Å². The molecule has 4 rings (SSSR count). The second-order valence-corrected chi connectivity index (χ2v) is 7.39. The molecule has 29 heavy (non-hydrogen) atoms. The third-order valence-corrected chi connectivity index (χ3v) is 5.41. The molecule has 1 amide bonds. The molecule has 0 N–H and O–H groups in total. The summed E-state index contributed by atoms with van der Waals surface area (Å²) in [6.45, 7) is 0.530. The van der Waals surface area contributed by atoms with Crippen LogP contribution in [0.2, 0.25) is 0 Å². The van der Waals surface area contributed by atoms with Crippen LogP contribution in [0.15, 0.2) is 90.3 Å². The number of hydrogen-bond acceptors (Lipinski definition) is 4. The van der Waals surface area contributed by atoms with Gasteiger partial charge in [0.15, 0.2) is 0 Å². The average Bonchev–Trinajstić information content (AvgIpc) is 3.28. The first-order valence-electron chi connectivity index (χ1n) is 9.26. The van der Waals surface area contributed by atoms with Gasteiger partial charge >= 0.3 is 0 Å². The molecule has 0 radical (unpaired) electrons. The Bertz CT molecular complexity index is 1080. The average molecular weight is 401 g/mol. The SMILES string of the molecule is CN(C(=O)c1csc(-c2ccc(OCc3ccccc3)cc2)n1)c1ccccc1. The summed E-state index contributed by atoms with van der Waals surface area (Å²) in [6, 6.07) is 27.4. The molecular weight excluding hydrogens is 380 g/mol. The third-order valence-electron chi connectivity index (χ3n) is 4.52. The Hall–Kier alpha value is -3.44. The lowest BCUT2D eigenvalue weighted by Crippen LogP contribution is -2.26. The Balaban J connectivity index is 1.43. The van der Waals surface area contributed by atoms with Gasteiger partial charge < -0.3 is 9.64 Å². The van der Waals surface area contributed by atoms with Gasteiger partial charge in [-0.25, -0.2) is 4.98 Å². The lowest BCUT2D eigenvalue weighted by molar-refractivity contribution is 0.0989. The van der Waals surface area contributed by atoms with E-state index in [9.17, 15) is 4.79 Å². The van der Waals surface area contributed by atoms with Gasteiger partial charge in [-0.05, 0) is 42.0 Å². The first-order chi connectivity index (χ1) is 14.2. The van der Waals surface area contributed by atoms with Crippen molar-refractivity contribution < 1.29 is 9.53 Å². The number of nitrogens with zero attached hydrogens (tertiary/aromatic N) is 2. The summed E-state index contributed by atoms with van der Waals surface area (Å²) in [5.74, 6) is 0.677. The summed E-state index contributed by atoms with van der Waals surface area (Å²) < 4.78 is 5.83. The molecule has 0 aliphatic heterocycles. The standard InChI is InChI=1S/C24H20N2O2S/c1-26(20-10-6-3-7-11-20)24(27)22-17-29-23(25-22)19-12-14-21(15-13-19)28-16-18-8-4-2-5-9-18/h2-15,17H,16H2,1H3. The summed E-state index contributed by atoms with van der Waals surface area (Å²) in [5.41, 5.74) is 3.37. The number of ether oxygens (including phenoxy) is 1. The highest BCUT2D eigenvalue weighted by atomic mass is 32.1. The van der Waals surface area contributed by atoms with Crippen molar-refractivity contribution >= 4 is 22.9 Å². The minimum Gasteiger partial charge on any atom is -0.489 e. The molecule has 0 aliphatic carbocycles. The number of carbonyl (C=O) groups excluding carboxylic acids is 1. The van der Waals surface area contributed by atoms with E-state index >= 15 is 0 Å². The predicted molar refractivity (Wildman–Crippen MR) is 117 cm³/mol. The van der Waals surface area contributed by atoms with E-state index in [0.29, 0.717) is 12.3 Å².